The molecule has 5 nitrogen and oxygen atoms in total. The van der Waals surface area contributed by atoms with Crippen LogP contribution < -0.4 is 10.0 Å². The molecule has 2 aromatic rings. The number of carbonyl (C=O) groups excluding carboxylic acids is 1. The highest BCUT2D eigenvalue weighted by molar-refractivity contribution is 7.92. The zero-order valence-corrected chi connectivity index (χ0v) is 16.4. The summed E-state index contributed by atoms with van der Waals surface area (Å²) in [4.78, 5) is 12.6. The summed E-state index contributed by atoms with van der Waals surface area (Å²) in [5.74, 6) is -0.102. The number of rotatable bonds is 5. The molecule has 1 fully saturated rings. The van der Waals surface area contributed by atoms with Gasteiger partial charge in [0.2, 0.25) is 0 Å². The minimum absolute atomic E-state index is 0.102. The second-order valence-corrected chi connectivity index (χ2v) is 8.84. The summed E-state index contributed by atoms with van der Waals surface area (Å²) in [7, 11) is -3.64. The summed E-state index contributed by atoms with van der Waals surface area (Å²) in [6.07, 6.45) is 6.85. The highest BCUT2D eigenvalue weighted by atomic mass is 32.2. The van der Waals surface area contributed by atoms with Crippen LogP contribution in [0.1, 0.15) is 54.4 Å². The lowest BCUT2D eigenvalue weighted by Crippen LogP contribution is -2.34. The number of aryl methyl sites for hydroxylation is 1. The van der Waals surface area contributed by atoms with E-state index in [9.17, 15) is 13.2 Å². The van der Waals surface area contributed by atoms with Crippen LogP contribution in [0, 0.1) is 6.92 Å². The molecule has 1 saturated carbocycles. The average Bonchev–Trinajstić information content (AvgIpc) is 2.91. The number of sulfonamides is 1. The molecule has 0 saturated heterocycles. The maximum atomic E-state index is 12.4. The molecule has 2 aromatic carbocycles. The smallest absolute Gasteiger partial charge is 0.261 e. The molecule has 1 aliphatic carbocycles. The van der Waals surface area contributed by atoms with Crippen LogP contribution >= 0.6 is 0 Å². The number of carbonyl (C=O) groups is 1. The predicted molar refractivity (Wildman–Crippen MR) is 107 cm³/mol. The van der Waals surface area contributed by atoms with Crippen LogP contribution in [0.2, 0.25) is 0 Å². The molecule has 0 aliphatic heterocycles. The molecule has 1 amide bonds. The van der Waals surface area contributed by atoms with E-state index >= 15 is 0 Å². The van der Waals surface area contributed by atoms with Gasteiger partial charge in [0.05, 0.1) is 4.90 Å². The van der Waals surface area contributed by atoms with Gasteiger partial charge in [0.1, 0.15) is 0 Å². The summed E-state index contributed by atoms with van der Waals surface area (Å²) >= 11 is 0. The Morgan fingerprint density at radius 2 is 1.48 bits per heavy atom. The maximum Gasteiger partial charge on any atom is 0.261 e. The first-order chi connectivity index (χ1) is 12.9. The molecular formula is C21H26N2O3S. The molecule has 0 bridgehead atoms. The Labute approximate surface area is 161 Å². The topological polar surface area (TPSA) is 75.3 Å². The standard InChI is InChI=1S/C21H26N2O3S/c1-16-8-14-20(15-9-16)27(25,26)23-19-12-10-17(11-13-19)21(24)22-18-6-4-2-3-5-7-18/h8-15,18,23H,2-7H2,1H3,(H,22,24). The van der Waals surface area contributed by atoms with Crippen molar-refractivity contribution in [1.29, 1.82) is 0 Å². The fourth-order valence-corrected chi connectivity index (χ4v) is 4.37. The van der Waals surface area contributed by atoms with Crippen LogP contribution in [-0.2, 0) is 10.0 Å². The molecule has 3 rings (SSSR count). The third-order valence-electron chi connectivity index (χ3n) is 4.92. The maximum absolute atomic E-state index is 12.4. The summed E-state index contributed by atoms with van der Waals surface area (Å²) in [6, 6.07) is 13.4. The van der Waals surface area contributed by atoms with E-state index in [2.05, 4.69) is 10.0 Å². The quantitative estimate of drug-likeness (QED) is 0.755. The highest BCUT2D eigenvalue weighted by Crippen LogP contribution is 2.19. The van der Waals surface area contributed by atoms with Gasteiger partial charge in [-0.2, -0.15) is 0 Å². The van der Waals surface area contributed by atoms with Gasteiger partial charge in [-0.1, -0.05) is 43.4 Å². The van der Waals surface area contributed by atoms with Gasteiger partial charge in [-0.25, -0.2) is 8.42 Å². The van der Waals surface area contributed by atoms with Gasteiger partial charge in [-0.05, 0) is 56.2 Å². The molecule has 0 radical (unpaired) electrons. The van der Waals surface area contributed by atoms with E-state index in [1.807, 2.05) is 6.92 Å². The molecule has 1 aliphatic rings. The molecule has 0 heterocycles. The van der Waals surface area contributed by atoms with Crippen molar-refractivity contribution in [3.05, 3.63) is 59.7 Å². The van der Waals surface area contributed by atoms with Crippen LogP contribution in [0.3, 0.4) is 0 Å². The van der Waals surface area contributed by atoms with Gasteiger partial charge in [0.25, 0.3) is 15.9 Å². The molecule has 0 atom stereocenters. The molecule has 0 spiro atoms. The second-order valence-electron chi connectivity index (χ2n) is 7.16. The van der Waals surface area contributed by atoms with E-state index in [0.29, 0.717) is 11.3 Å². The molecule has 6 heteroatoms. The molecule has 0 aromatic heterocycles. The Morgan fingerprint density at radius 1 is 0.889 bits per heavy atom. The Balaban J connectivity index is 1.64. The van der Waals surface area contributed by atoms with Crippen molar-refractivity contribution in [2.75, 3.05) is 4.72 Å². The second kappa shape index (κ2) is 8.57. The monoisotopic (exact) mass is 386 g/mol. The number of nitrogens with one attached hydrogen (secondary N) is 2. The first kappa shape index (κ1) is 19.4. The van der Waals surface area contributed by atoms with Gasteiger partial charge in [0, 0.05) is 17.3 Å². The molecule has 144 valence electrons. The lowest BCUT2D eigenvalue weighted by atomic mass is 10.1. The fourth-order valence-electron chi connectivity index (χ4n) is 3.31. The van der Waals surface area contributed by atoms with Gasteiger partial charge < -0.3 is 5.32 Å². The number of amides is 1. The minimum Gasteiger partial charge on any atom is -0.349 e. The van der Waals surface area contributed by atoms with Crippen LogP contribution in [0.15, 0.2) is 53.4 Å². The largest absolute Gasteiger partial charge is 0.349 e. The van der Waals surface area contributed by atoms with E-state index in [4.69, 9.17) is 0 Å². The Hall–Kier alpha value is -2.34. The summed E-state index contributed by atoms with van der Waals surface area (Å²) in [6.45, 7) is 1.91. The van der Waals surface area contributed by atoms with Crippen molar-refractivity contribution in [2.45, 2.75) is 56.4 Å². The third-order valence-corrected chi connectivity index (χ3v) is 6.32. The van der Waals surface area contributed by atoms with E-state index in [0.717, 1.165) is 31.2 Å². The van der Waals surface area contributed by atoms with Crippen molar-refractivity contribution in [3.8, 4) is 0 Å². The minimum atomic E-state index is -3.64. The number of hydrogen-bond acceptors (Lipinski definition) is 3. The van der Waals surface area contributed by atoms with Crippen LogP contribution in [0.5, 0.6) is 0 Å². The van der Waals surface area contributed by atoms with E-state index in [1.54, 1.807) is 48.5 Å². The lowest BCUT2D eigenvalue weighted by molar-refractivity contribution is 0.0933. The number of anilines is 1. The average molecular weight is 387 g/mol. The summed E-state index contributed by atoms with van der Waals surface area (Å²) in [5, 5.41) is 3.10. The SMILES string of the molecule is Cc1ccc(S(=O)(=O)Nc2ccc(C(=O)NC3CCCCCC3)cc2)cc1. The third kappa shape index (κ3) is 5.32. The van der Waals surface area contributed by atoms with Gasteiger partial charge in [0.15, 0.2) is 0 Å². The van der Waals surface area contributed by atoms with Crippen molar-refractivity contribution < 1.29 is 13.2 Å². The Bertz CT molecular complexity index is 867. The van der Waals surface area contributed by atoms with E-state index in [1.165, 1.54) is 12.8 Å². The normalized spacial score (nSPS) is 15.7. The molecule has 27 heavy (non-hydrogen) atoms. The van der Waals surface area contributed by atoms with Crippen molar-refractivity contribution in [1.82, 2.24) is 5.32 Å². The van der Waals surface area contributed by atoms with Crippen molar-refractivity contribution in [3.63, 3.8) is 0 Å². The molecule has 2 N–H and O–H groups in total. The van der Waals surface area contributed by atoms with Crippen LogP contribution in [0.4, 0.5) is 5.69 Å². The highest BCUT2D eigenvalue weighted by Gasteiger charge is 2.17. The van der Waals surface area contributed by atoms with Gasteiger partial charge in [-0.15, -0.1) is 0 Å². The molecular weight excluding hydrogens is 360 g/mol. The van der Waals surface area contributed by atoms with Gasteiger partial charge >= 0.3 is 0 Å². The van der Waals surface area contributed by atoms with E-state index < -0.39 is 10.0 Å². The van der Waals surface area contributed by atoms with E-state index in [-0.39, 0.29) is 16.8 Å². The zero-order chi connectivity index (χ0) is 19.3. The first-order valence-electron chi connectivity index (χ1n) is 9.44. The summed E-state index contributed by atoms with van der Waals surface area (Å²) in [5.41, 5.74) is 1.97. The summed E-state index contributed by atoms with van der Waals surface area (Å²) < 4.78 is 27.4. The van der Waals surface area contributed by atoms with Crippen LogP contribution in [0.25, 0.3) is 0 Å². The number of hydrogen-bond donors (Lipinski definition) is 2. The van der Waals surface area contributed by atoms with Crippen LogP contribution in [-0.4, -0.2) is 20.4 Å². The fraction of sp³-hybridized carbons (Fsp3) is 0.381. The number of benzene rings is 2. The zero-order valence-electron chi connectivity index (χ0n) is 15.6. The predicted octanol–water partition coefficient (Wildman–Crippen LogP) is 4.25. The first-order valence-corrected chi connectivity index (χ1v) is 10.9. The van der Waals surface area contributed by atoms with Crippen molar-refractivity contribution in [2.24, 2.45) is 0 Å². The Kier molecular flexibility index (Phi) is 6.16. The van der Waals surface area contributed by atoms with Gasteiger partial charge in [-0.3, -0.25) is 9.52 Å². The molecule has 0 unspecified atom stereocenters. The lowest BCUT2D eigenvalue weighted by Gasteiger charge is -2.16. The Morgan fingerprint density at radius 3 is 2.07 bits per heavy atom. The van der Waals surface area contributed by atoms with Crippen molar-refractivity contribution >= 4 is 21.6 Å².